The summed E-state index contributed by atoms with van der Waals surface area (Å²) >= 11 is 0. The number of hydrogen-bond donors (Lipinski definition) is 1. The molecule has 2 rings (SSSR count). The summed E-state index contributed by atoms with van der Waals surface area (Å²) in [5, 5.41) is 0. The van der Waals surface area contributed by atoms with Crippen LogP contribution in [0.1, 0.15) is 19.3 Å². The van der Waals surface area contributed by atoms with Gasteiger partial charge in [-0.2, -0.15) is 0 Å². The van der Waals surface area contributed by atoms with E-state index >= 15 is 0 Å². The number of nitrogens with zero attached hydrogens (tertiary/aromatic N) is 2. The van der Waals surface area contributed by atoms with Crippen molar-refractivity contribution in [1.29, 1.82) is 0 Å². The van der Waals surface area contributed by atoms with E-state index in [9.17, 15) is 0 Å². The molecule has 1 saturated carbocycles. The Kier molecular flexibility index (Phi) is 2.86. The lowest BCUT2D eigenvalue weighted by atomic mass is 10.1. The van der Waals surface area contributed by atoms with E-state index in [0.29, 0.717) is 0 Å². The van der Waals surface area contributed by atoms with Crippen LogP contribution in [-0.4, -0.2) is 55.1 Å². The summed E-state index contributed by atoms with van der Waals surface area (Å²) in [5.41, 5.74) is 5.48. The highest BCUT2D eigenvalue weighted by molar-refractivity contribution is 4.96. The maximum absolute atomic E-state index is 5.48. The molecule has 1 heterocycles. The largest absolute Gasteiger partial charge is 0.330 e. The minimum absolute atomic E-state index is 0.812. The van der Waals surface area contributed by atoms with E-state index in [4.69, 9.17) is 5.73 Å². The Labute approximate surface area is 80.9 Å². The van der Waals surface area contributed by atoms with E-state index in [2.05, 4.69) is 16.8 Å². The van der Waals surface area contributed by atoms with Gasteiger partial charge in [-0.25, -0.2) is 0 Å². The summed E-state index contributed by atoms with van der Waals surface area (Å²) in [4.78, 5) is 5.08. The van der Waals surface area contributed by atoms with Gasteiger partial charge in [0.15, 0.2) is 0 Å². The van der Waals surface area contributed by atoms with Crippen LogP contribution in [0.3, 0.4) is 0 Å². The lowest BCUT2D eigenvalue weighted by Gasteiger charge is -2.44. The maximum Gasteiger partial charge on any atom is 0.0347 e. The smallest absolute Gasteiger partial charge is 0.0347 e. The van der Waals surface area contributed by atoms with Gasteiger partial charge in [0.25, 0.3) is 0 Å². The lowest BCUT2D eigenvalue weighted by molar-refractivity contribution is 0.0430. The Morgan fingerprint density at radius 3 is 2.62 bits per heavy atom. The fourth-order valence-corrected chi connectivity index (χ4v) is 2.03. The molecular weight excluding hydrogens is 162 g/mol. The summed E-state index contributed by atoms with van der Waals surface area (Å²) in [6, 6.07) is 1.77. The predicted molar refractivity (Wildman–Crippen MR) is 54.7 cm³/mol. The molecule has 0 unspecified atom stereocenters. The van der Waals surface area contributed by atoms with Gasteiger partial charge in [-0.1, -0.05) is 0 Å². The molecule has 0 atom stereocenters. The third-order valence-electron chi connectivity index (χ3n) is 3.29. The van der Waals surface area contributed by atoms with Crippen molar-refractivity contribution >= 4 is 0 Å². The van der Waals surface area contributed by atoms with E-state index in [1.807, 2.05) is 0 Å². The SMILES string of the molecule is CN(CCCN)C1CN(C2CC2)C1. The molecule has 0 aromatic heterocycles. The Morgan fingerprint density at radius 1 is 1.38 bits per heavy atom. The second kappa shape index (κ2) is 3.95. The minimum atomic E-state index is 0.812. The van der Waals surface area contributed by atoms with Crippen LogP contribution in [0.5, 0.6) is 0 Å². The third-order valence-corrected chi connectivity index (χ3v) is 3.29. The fourth-order valence-electron chi connectivity index (χ4n) is 2.03. The number of rotatable bonds is 5. The number of nitrogens with two attached hydrogens (primary N) is 1. The first-order valence-corrected chi connectivity index (χ1v) is 5.45. The van der Waals surface area contributed by atoms with E-state index in [1.165, 1.54) is 32.5 Å². The van der Waals surface area contributed by atoms with Gasteiger partial charge in [-0.15, -0.1) is 0 Å². The van der Waals surface area contributed by atoms with Gasteiger partial charge in [0.05, 0.1) is 0 Å². The first kappa shape index (κ1) is 9.44. The molecule has 2 fully saturated rings. The van der Waals surface area contributed by atoms with Crippen LogP contribution >= 0.6 is 0 Å². The molecule has 2 N–H and O–H groups in total. The third kappa shape index (κ3) is 2.22. The zero-order valence-corrected chi connectivity index (χ0v) is 8.58. The molecular formula is C10H21N3. The summed E-state index contributed by atoms with van der Waals surface area (Å²) in [6.45, 7) is 4.58. The molecule has 2 aliphatic rings. The summed E-state index contributed by atoms with van der Waals surface area (Å²) in [5.74, 6) is 0. The minimum Gasteiger partial charge on any atom is -0.330 e. The Balaban J connectivity index is 1.60. The van der Waals surface area contributed by atoms with Crippen LogP contribution in [0.4, 0.5) is 0 Å². The monoisotopic (exact) mass is 183 g/mol. The van der Waals surface area contributed by atoms with E-state index < -0.39 is 0 Å². The molecule has 1 aliphatic carbocycles. The van der Waals surface area contributed by atoms with Gasteiger partial charge in [-0.3, -0.25) is 4.90 Å². The molecule has 0 aromatic rings. The van der Waals surface area contributed by atoms with Crippen LogP contribution in [0, 0.1) is 0 Å². The van der Waals surface area contributed by atoms with E-state index in [-0.39, 0.29) is 0 Å². The molecule has 76 valence electrons. The van der Waals surface area contributed by atoms with Crippen LogP contribution in [0.15, 0.2) is 0 Å². The van der Waals surface area contributed by atoms with Gasteiger partial charge in [-0.05, 0) is 39.4 Å². The van der Waals surface area contributed by atoms with Gasteiger partial charge in [0, 0.05) is 25.2 Å². The molecule has 0 radical (unpaired) electrons. The molecule has 0 aromatic carbocycles. The fraction of sp³-hybridized carbons (Fsp3) is 1.00. The van der Waals surface area contributed by atoms with Crippen LogP contribution < -0.4 is 5.73 Å². The Morgan fingerprint density at radius 2 is 2.08 bits per heavy atom. The standard InChI is InChI=1S/C10H21N3/c1-12(6-2-5-11)10-7-13(8-10)9-3-4-9/h9-10H,2-8,11H2,1H3. The number of hydrogen-bond acceptors (Lipinski definition) is 3. The van der Waals surface area contributed by atoms with Crippen molar-refractivity contribution in [3.8, 4) is 0 Å². The van der Waals surface area contributed by atoms with Crippen LogP contribution in [-0.2, 0) is 0 Å². The molecule has 3 nitrogen and oxygen atoms in total. The van der Waals surface area contributed by atoms with Crippen molar-refractivity contribution in [2.24, 2.45) is 5.73 Å². The van der Waals surface area contributed by atoms with E-state index in [0.717, 1.165) is 25.0 Å². The number of likely N-dealkylation sites (tertiary alicyclic amines) is 1. The number of likely N-dealkylation sites (N-methyl/N-ethyl adjacent to an activating group) is 1. The molecule has 1 saturated heterocycles. The first-order valence-electron chi connectivity index (χ1n) is 5.45. The van der Waals surface area contributed by atoms with Crippen molar-refractivity contribution in [2.45, 2.75) is 31.3 Å². The molecule has 3 heteroatoms. The summed E-state index contributed by atoms with van der Waals surface area (Å²) < 4.78 is 0. The molecule has 1 aliphatic heterocycles. The maximum atomic E-state index is 5.48. The second-order valence-electron chi connectivity index (χ2n) is 4.46. The van der Waals surface area contributed by atoms with Gasteiger partial charge >= 0.3 is 0 Å². The van der Waals surface area contributed by atoms with Crippen LogP contribution in [0.25, 0.3) is 0 Å². The van der Waals surface area contributed by atoms with Gasteiger partial charge in [0.1, 0.15) is 0 Å². The normalized spacial score (nSPS) is 25.2. The lowest BCUT2D eigenvalue weighted by Crippen LogP contribution is -2.59. The first-order chi connectivity index (χ1) is 6.31. The molecule has 0 spiro atoms. The average molecular weight is 183 g/mol. The van der Waals surface area contributed by atoms with Crippen molar-refractivity contribution < 1.29 is 0 Å². The van der Waals surface area contributed by atoms with Crippen molar-refractivity contribution in [3.63, 3.8) is 0 Å². The highest BCUT2D eigenvalue weighted by Crippen LogP contribution is 2.31. The Bertz CT molecular complexity index is 162. The predicted octanol–water partition coefficient (Wildman–Crippen LogP) is 0.114. The molecule has 0 bridgehead atoms. The topological polar surface area (TPSA) is 32.5 Å². The molecule has 13 heavy (non-hydrogen) atoms. The quantitative estimate of drug-likeness (QED) is 0.657. The Hall–Kier alpha value is -0.120. The summed E-state index contributed by atoms with van der Waals surface area (Å²) in [7, 11) is 2.23. The zero-order valence-electron chi connectivity index (χ0n) is 8.58. The van der Waals surface area contributed by atoms with E-state index in [1.54, 1.807) is 0 Å². The highest BCUT2D eigenvalue weighted by Gasteiger charge is 2.38. The van der Waals surface area contributed by atoms with Crippen LogP contribution in [0.2, 0.25) is 0 Å². The highest BCUT2D eigenvalue weighted by atomic mass is 15.3. The van der Waals surface area contributed by atoms with Crippen molar-refractivity contribution in [1.82, 2.24) is 9.80 Å². The van der Waals surface area contributed by atoms with Gasteiger partial charge in [0.2, 0.25) is 0 Å². The average Bonchev–Trinajstić information content (AvgIpc) is 2.81. The summed E-state index contributed by atoms with van der Waals surface area (Å²) in [6.07, 6.45) is 4.02. The van der Waals surface area contributed by atoms with Gasteiger partial charge < -0.3 is 10.6 Å². The second-order valence-corrected chi connectivity index (χ2v) is 4.46. The zero-order chi connectivity index (χ0) is 9.26. The van der Waals surface area contributed by atoms with Crippen molar-refractivity contribution in [2.75, 3.05) is 33.2 Å². The van der Waals surface area contributed by atoms with Crippen molar-refractivity contribution in [3.05, 3.63) is 0 Å². The molecule has 0 amide bonds.